The van der Waals surface area contributed by atoms with Gasteiger partial charge in [-0.05, 0) is 32.7 Å². The second-order valence-electron chi connectivity index (χ2n) is 8.88. The van der Waals surface area contributed by atoms with Gasteiger partial charge in [-0.25, -0.2) is 0 Å². The molecule has 0 aliphatic heterocycles. The monoisotopic (exact) mass is 480 g/mol. The summed E-state index contributed by atoms with van der Waals surface area (Å²) < 4.78 is 15.5. The molecular formula is C34H25OP. The van der Waals surface area contributed by atoms with Gasteiger partial charge < -0.3 is 4.57 Å². The second kappa shape index (κ2) is 9.46. The van der Waals surface area contributed by atoms with Crippen molar-refractivity contribution >= 4 is 56.8 Å². The van der Waals surface area contributed by atoms with Crippen LogP contribution in [0.2, 0.25) is 0 Å². The summed E-state index contributed by atoms with van der Waals surface area (Å²) in [6.45, 7) is 0. The van der Waals surface area contributed by atoms with E-state index in [-0.39, 0.29) is 0 Å². The summed E-state index contributed by atoms with van der Waals surface area (Å²) in [5, 5.41) is 6.86. The Hall–Kier alpha value is -4.19. The van der Waals surface area contributed by atoms with E-state index in [1.807, 2.05) is 78.9 Å². The molecule has 0 unspecified atom stereocenters. The van der Waals surface area contributed by atoms with Crippen LogP contribution in [0.15, 0.2) is 140 Å². The third kappa shape index (κ3) is 3.79. The van der Waals surface area contributed by atoms with Crippen molar-refractivity contribution in [1.82, 2.24) is 0 Å². The van der Waals surface area contributed by atoms with Crippen molar-refractivity contribution in [3.8, 4) is 0 Å². The molecule has 2 heteroatoms. The van der Waals surface area contributed by atoms with Crippen molar-refractivity contribution in [1.29, 1.82) is 0 Å². The van der Waals surface area contributed by atoms with Crippen molar-refractivity contribution in [2.45, 2.75) is 0 Å². The maximum Gasteiger partial charge on any atom is 0.172 e. The van der Waals surface area contributed by atoms with E-state index in [0.717, 1.165) is 48.6 Å². The third-order valence-corrected chi connectivity index (χ3v) is 9.90. The minimum Gasteiger partial charge on any atom is -0.309 e. The predicted molar refractivity (Wildman–Crippen MR) is 156 cm³/mol. The van der Waals surface area contributed by atoms with Crippen LogP contribution in [0.4, 0.5) is 0 Å². The number of hydrogen-bond donors (Lipinski definition) is 0. The highest BCUT2D eigenvalue weighted by molar-refractivity contribution is 7.86. The van der Waals surface area contributed by atoms with Crippen molar-refractivity contribution in [3.63, 3.8) is 0 Å². The number of hydrogen-bond acceptors (Lipinski definition) is 1. The molecule has 36 heavy (non-hydrogen) atoms. The van der Waals surface area contributed by atoms with Crippen LogP contribution in [0.5, 0.6) is 0 Å². The maximum absolute atomic E-state index is 15.5. The van der Waals surface area contributed by atoms with E-state index in [2.05, 4.69) is 72.8 Å². The van der Waals surface area contributed by atoms with Gasteiger partial charge in [-0.3, -0.25) is 0 Å². The zero-order valence-corrected chi connectivity index (χ0v) is 20.7. The average molecular weight is 481 g/mol. The molecule has 0 radical (unpaired) electrons. The van der Waals surface area contributed by atoms with Crippen LogP contribution in [0.3, 0.4) is 0 Å². The average Bonchev–Trinajstić information content (AvgIpc) is 2.96. The summed E-state index contributed by atoms with van der Waals surface area (Å²) in [6.07, 6.45) is 4.35. The lowest BCUT2D eigenvalue weighted by Crippen LogP contribution is -2.26. The first-order chi connectivity index (χ1) is 17.8. The molecule has 6 rings (SSSR count). The summed E-state index contributed by atoms with van der Waals surface area (Å²) in [5.74, 6) is 0. The van der Waals surface area contributed by atoms with E-state index < -0.39 is 7.14 Å². The van der Waals surface area contributed by atoms with Crippen LogP contribution in [-0.2, 0) is 4.57 Å². The standard InChI is InChI=1S/C34H25OP/c35-36(27-16-6-2-7-17-27,28-18-8-3-9-19-28)34-32-22-12-10-20-29(32)31(30-21-11-13-23-33(30)34)25-24-26-14-4-1-5-15-26/h1-25H/b25-24+. The van der Waals surface area contributed by atoms with Gasteiger partial charge in [0.25, 0.3) is 0 Å². The molecular weight excluding hydrogens is 455 g/mol. The van der Waals surface area contributed by atoms with Gasteiger partial charge in [0.15, 0.2) is 7.14 Å². The molecule has 0 aromatic heterocycles. The Bertz CT molecular complexity index is 1640. The molecule has 172 valence electrons. The highest BCUT2D eigenvalue weighted by atomic mass is 31.2. The summed E-state index contributed by atoms with van der Waals surface area (Å²) in [6, 6.07) is 47.0. The first kappa shape index (κ1) is 22.3. The van der Waals surface area contributed by atoms with Gasteiger partial charge >= 0.3 is 0 Å². The lowest BCUT2D eigenvalue weighted by molar-refractivity contribution is 0.593. The number of rotatable bonds is 5. The first-order valence-corrected chi connectivity index (χ1v) is 13.9. The third-order valence-electron chi connectivity index (χ3n) is 6.74. The van der Waals surface area contributed by atoms with E-state index in [4.69, 9.17) is 0 Å². The molecule has 0 aliphatic rings. The summed E-state index contributed by atoms with van der Waals surface area (Å²) in [4.78, 5) is 0. The zero-order valence-electron chi connectivity index (χ0n) is 19.8. The highest BCUT2D eigenvalue weighted by Gasteiger charge is 2.33. The second-order valence-corrected chi connectivity index (χ2v) is 11.6. The van der Waals surface area contributed by atoms with Gasteiger partial charge in [-0.15, -0.1) is 0 Å². The highest BCUT2D eigenvalue weighted by Crippen LogP contribution is 2.47. The SMILES string of the molecule is O=P(c1ccccc1)(c1ccccc1)c1c2ccccc2c(/C=C/c2ccccc2)c2ccccc12. The van der Waals surface area contributed by atoms with Gasteiger partial charge in [-0.1, -0.05) is 152 Å². The molecule has 0 N–H and O–H groups in total. The lowest BCUT2D eigenvalue weighted by Gasteiger charge is -2.24. The zero-order chi connectivity index (χ0) is 24.4. The molecule has 0 fully saturated rings. The van der Waals surface area contributed by atoms with Crippen molar-refractivity contribution in [2.75, 3.05) is 0 Å². The van der Waals surface area contributed by atoms with Gasteiger partial charge in [0.05, 0.1) is 0 Å². The molecule has 0 spiro atoms. The molecule has 0 bridgehead atoms. The fourth-order valence-corrected chi connectivity index (χ4v) is 8.15. The predicted octanol–water partition coefficient (Wildman–Crippen LogP) is 7.80. The van der Waals surface area contributed by atoms with Gasteiger partial charge in [0.1, 0.15) is 0 Å². The summed E-state index contributed by atoms with van der Waals surface area (Å²) in [5.41, 5.74) is 2.29. The van der Waals surface area contributed by atoms with Crippen LogP contribution in [0.1, 0.15) is 11.1 Å². The molecule has 6 aromatic carbocycles. The van der Waals surface area contributed by atoms with Crippen LogP contribution < -0.4 is 15.9 Å². The molecule has 6 aromatic rings. The Morgan fingerprint density at radius 1 is 0.417 bits per heavy atom. The number of benzene rings is 6. The molecule has 0 amide bonds. The minimum absolute atomic E-state index is 0.846. The van der Waals surface area contributed by atoms with Crippen LogP contribution in [-0.4, -0.2) is 0 Å². The Kier molecular flexibility index (Phi) is 5.85. The largest absolute Gasteiger partial charge is 0.309 e. The minimum atomic E-state index is -3.19. The molecule has 1 nitrogen and oxygen atoms in total. The molecule has 0 saturated heterocycles. The number of fused-ring (bicyclic) bond motifs is 2. The van der Waals surface area contributed by atoms with Crippen molar-refractivity contribution < 1.29 is 4.57 Å². The van der Waals surface area contributed by atoms with Crippen LogP contribution >= 0.6 is 7.14 Å². The Morgan fingerprint density at radius 3 is 1.28 bits per heavy atom. The van der Waals surface area contributed by atoms with Crippen LogP contribution in [0, 0.1) is 0 Å². The summed E-state index contributed by atoms with van der Waals surface area (Å²) in [7, 11) is -3.19. The quantitative estimate of drug-likeness (QED) is 0.140. The maximum atomic E-state index is 15.5. The van der Waals surface area contributed by atoms with Crippen molar-refractivity contribution in [3.05, 3.63) is 151 Å². The van der Waals surface area contributed by atoms with E-state index >= 15 is 4.57 Å². The van der Waals surface area contributed by atoms with Gasteiger partial charge in [0, 0.05) is 15.9 Å². The topological polar surface area (TPSA) is 17.1 Å². The Labute approximate surface area is 211 Å². The Morgan fingerprint density at radius 2 is 0.806 bits per heavy atom. The summed E-state index contributed by atoms with van der Waals surface area (Å²) >= 11 is 0. The van der Waals surface area contributed by atoms with E-state index in [0.29, 0.717) is 0 Å². The van der Waals surface area contributed by atoms with E-state index in [9.17, 15) is 0 Å². The smallest absolute Gasteiger partial charge is 0.172 e. The van der Waals surface area contributed by atoms with Gasteiger partial charge in [-0.2, -0.15) is 0 Å². The van der Waals surface area contributed by atoms with Crippen LogP contribution in [0.25, 0.3) is 33.7 Å². The first-order valence-electron chi connectivity index (χ1n) is 12.2. The fraction of sp³-hybridized carbons (Fsp3) is 0. The van der Waals surface area contributed by atoms with Crippen molar-refractivity contribution in [2.24, 2.45) is 0 Å². The lowest BCUT2D eigenvalue weighted by atomic mass is 9.96. The van der Waals surface area contributed by atoms with Gasteiger partial charge in [0.2, 0.25) is 0 Å². The fourth-order valence-electron chi connectivity index (χ4n) is 5.08. The van der Waals surface area contributed by atoms with E-state index in [1.54, 1.807) is 0 Å². The normalized spacial score (nSPS) is 11.9. The molecule has 0 aliphatic carbocycles. The molecule has 0 heterocycles. The molecule has 0 atom stereocenters. The van der Waals surface area contributed by atoms with E-state index in [1.165, 1.54) is 0 Å². The molecule has 0 saturated carbocycles. The Balaban J connectivity index is 1.74.